The van der Waals surface area contributed by atoms with Crippen LogP contribution in [0.3, 0.4) is 0 Å². The van der Waals surface area contributed by atoms with Crippen LogP contribution in [0.15, 0.2) is 15.4 Å². The Hall–Kier alpha value is -0.850. The van der Waals surface area contributed by atoms with E-state index < -0.39 is 10.0 Å². The third kappa shape index (κ3) is 4.56. The van der Waals surface area contributed by atoms with Gasteiger partial charge in [0.25, 0.3) is 0 Å². The lowest BCUT2D eigenvalue weighted by molar-refractivity contribution is 0.367. The molecule has 5 nitrogen and oxygen atoms in total. The smallest absolute Gasteiger partial charge is 0.246 e. The summed E-state index contributed by atoms with van der Waals surface area (Å²) < 4.78 is 32.3. The van der Waals surface area contributed by atoms with Gasteiger partial charge in [0.2, 0.25) is 10.0 Å². The van der Waals surface area contributed by atoms with Crippen LogP contribution >= 0.6 is 0 Å². The van der Waals surface area contributed by atoms with Gasteiger partial charge >= 0.3 is 0 Å². The lowest BCUT2D eigenvalue weighted by atomic mass is 10.2. The first-order valence-corrected chi connectivity index (χ1v) is 8.94. The Morgan fingerprint density at radius 2 is 1.95 bits per heavy atom. The van der Waals surface area contributed by atoms with Crippen LogP contribution in [0.1, 0.15) is 52.1 Å². The molecule has 1 N–H and O–H groups in total. The number of nitrogens with zero attached hydrogens (tertiary/aromatic N) is 1. The zero-order valence-corrected chi connectivity index (χ0v) is 14.8. The molecule has 0 amide bonds. The highest BCUT2D eigenvalue weighted by Crippen LogP contribution is 2.25. The van der Waals surface area contributed by atoms with Crippen LogP contribution in [0.5, 0.6) is 0 Å². The summed E-state index contributed by atoms with van der Waals surface area (Å²) in [7, 11) is -1.86. The van der Waals surface area contributed by atoms with Crippen molar-refractivity contribution in [3.05, 3.63) is 17.6 Å². The van der Waals surface area contributed by atoms with E-state index in [2.05, 4.69) is 12.2 Å². The molecule has 1 unspecified atom stereocenters. The van der Waals surface area contributed by atoms with E-state index >= 15 is 0 Å². The Kier molecular flexibility index (Phi) is 6.43. The molecule has 0 saturated carbocycles. The second-order valence-corrected chi connectivity index (χ2v) is 7.79. The number of rotatable bonds is 8. The maximum Gasteiger partial charge on any atom is 0.246 e. The highest BCUT2D eigenvalue weighted by atomic mass is 32.2. The molecule has 0 radical (unpaired) electrons. The monoisotopic (exact) mass is 316 g/mol. The van der Waals surface area contributed by atoms with E-state index in [1.54, 1.807) is 20.0 Å². The van der Waals surface area contributed by atoms with Gasteiger partial charge in [0.05, 0.1) is 6.54 Å². The molecule has 0 aliphatic rings. The van der Waals surface area contributed by atoms with Crippen molar-refractivity contribution in [2.24, 2.45) is 0 Å². The first-order valence-electron chi connectivity index (χ1n) is 7.50. The van der Waals surface area contributed by atoms with Crippen LogP contribution in [-0.2, 0) is 16.6 Å². The molecule has 1 aromatic rings. The molecule has 122 valence electrons. The van der Waals surface area contributed by atoms with Gasteiger partial charge in [0, 0.05) is 25.2 Å². The van der Waals surface area contributed by atoms with Gasteiger partial charge in [-0.15, -0.1) is 0 Å². The molecule has 0 bridgehead atoms. The van der Waals surface area contributed by atoms with Crippen LogP contribution in [0.2, 0.25) is 0 Å². The van der Waals surface area contributed by atoms with Crippen molar-refractivity contribution >= 4 is 10.0 Å². The molecule has 1 heterocycles. The average molecular weight is 316 g/mol. The Morgan fingerprint density at radius 3 is 2.48 bits per heavy atom. The summed E-state index contributed by atoms with van der Waals surface area (Å²) >= 11 is 0. The molecule has 0 fully saturated rings. The minimum Gasteiger partial charge on any atom is -0.464 e. The van der Waals surface area contributed by atoms with E-state index in [1.165, 1.54) is 4.31 Å². The second-order valence-electron chi connectivity index (χ2n) is 5.83. The van der Waals surface area contributed by atoms with Gasteiger partial charge < -0.3 is 9.73 Å². The molecule has 0 aliphatic heterocycles. The minimum absolute atomic E-state index is 0.0217. The third-order valence-electron chi connectivity index (χ3n) is 3.59. The number of aryl methyl sites for hydroxylation is 1. The molecular formula is C15H28N2O3S. The first-order chi connectivity index (χ1) is 9.70. The number of furan rings is 1. The van der Waals surface area contributed by atoms with Gasteiger partial charge in [0.1, 0.15) is 16.4 Å². The summed E-state index contributed by atoms with van der Waals surface area (Å²) in [4.78, 5) is 0.272. The van der Waals surface area contributed by atoms with Crippen molar-refractivity contribution < 1.29 is 12.8 Å². The van der Waals surface area contributed by atoms with Gasteiger partial charge in [-0.05, 0) is 20.3 Å². The van der Waals surface area contributed by atoms with E-state index in [4.69, 9.17) is 4.42 Å². The average Bonchev–Trinajstić information content (AvgIpc) is 2.77. The van der Waals surface area contributed by atoms with Crippen LogP contribution in [0.25, 0.3) is 0 Å². The molecule has 0 aliphatic carbocycles. The van der Waals surface area contributed by atoms with Gasteiger partial charge in [-0.25, -0.2) is 8.42 Å². The maximum absolute atomic E-state index is 12.7. The topological polar surface area (TPSA) is 62.6 Å². The van der Waals surface area contributed by atoms with E-state index in [-0.39, 0.29) is 10.9 Å². The van der Waals surface area contributed by atoms with Crippen molar-refractivity contribution in [1.82, 2.24) is 9.62 Å². The fraction of sp³-hybridized carbons (Fsp3) is 0.733. The summed E-state index contributed by atoms with van der Waals surface area (Å²) in [6.45, 7) is 10.3. The second kappa shape index (κ2) is 7.42. The number of hydrogen-bond acceptors (Lipinski definition) is 4. The maximum atomic E-state index is 12.7. The van der Waals surface area contributed by atoms with Crippen molar-refractivity contribution in [3.63, 3.8) is 0 Å². The summed E-state index contributed by atoms with van der Waals surface area (Å²) in [5.74, 6) is 1.10. The highest BCUT2D eigenvalue weighted by molar-refractivity contribution is 7.89. The summed E-state index contributed by atoms with van der Waals surface area (Å²) in [6.07, 6.45) is 1.79. The standard InChI is InChI=1S/C15H28N2O3S/c1-7-8-12(4)17(6)21(18,19)15-9-14(20-13(15)5)10-16-11(2)3/h9,11-12,16H,7-8,10H2,1-6H3. The molecule has 1 aromatic heterocycles. The SMILES string of the molecule is CCCC(C)N(C)S(=O)(=O)c1cc(CNC(C)C)oc1C. The molecule has 0 saturated heterocycles. The number of hydrogen-bond donors (Lipinski definition) is 1. The normalized spacial score (nSPS) is 14.1. The number of nitrogens with one attached hydrogen (secondary N) is 1. The fourth-order valence-electron chi connectivity index (χ4n) is 2.16. The number of sulfonamides is 1. The van der Waals surface area contributed by atoms with Crippen LogP contribution < -0.4 is 5.32 Å². The molecular weight excluding hydrogens is 288 g/mol. The first kappa shape index (κ1) is 18.2. The van der Waals surface area contributed by atoms with E-state index in [9.17, 15) is 8.42 Å². The van der Waals surface area contributed by atoms with E-state index in [0.717, 1.165) is 12.8 Å². The lowest BCUT2D eigenvalue weighted by Crippen LogP contribution is -2.35. The van der Waals surface area contributed by atoms with Gasteiger partial charge in [-0.1, -0.05) is 27.2 Å². The van der Waals surface area contributed by atoms with Crippen molar-refractivity contribution in [2.75, 3.05) is 7.05 Å². The van der Waals surface area contributed by atoms with Crippen molar-refractivity contribution in [3.8, 4) is 0 Å². The molecule has 21 heavy (non-hydrogen) atoms. The highest BCUT2D eigenvalue weighted by Gasteiger charge is 2.29. The largest absolute Gasteiger partial charge is 0.464 e. The molecule has 1 rings (SSSR count). The zero-order valence-electron chi connectivity index (χ0n) is 13.9. The van der Waals surface area contributed by atoms with Crippen LogP contribution in [0.4, 0.5) is 0 Å². The molecule has 0 aromatic carbocycles. The van der Waals surface area contributed by atoms with Gasteiger partial charge in [-0.2, -0.15) is 4.31 Å². The Balaban J connectivity index is 2.98. The van der Waals surface area contributed by atoms with E-state index in [1.807, 2.05) is 20.8 Å². The quantitative estimate of drug-likeness (QED) is 0.801. The van der Waals surface area contributed by atoms with Gasteiger partial charge in [0.15, 0.2) is 0 Å². The lowest BCUT2D eigenvalue weighted by Gasteiger charge is -2.23. The van der Waals surface area contributed by atoms with Crippen LogP contribution in [0, 0.1) is 6.92 Å². The van der Waals surface area contributed by atoms with Gasteiger partial charge in [-0.3, -0.25) is 0 Å². The zero-order chi connectivity index (χ0) is 16.2. The fourth-order valence-corrected chi connectivity index (χ4v) is 3.74. The third-order valence-corrected chi connectivity index (χ3v) is 5.67. The molecule has 6 heteroatoms. The van der Waals surface area contributed by atoms with Crippen LogP contribution in [-0.4, -0.2) is 31.9 Å². The Labute approximate surface area is 128 Å². The van der Waals surface area contributed by atoms with Crippen molar-refractivity contribution in [1.29, 1.82) is 0 Å². The Bertz CT molecular complexity index is 549. The molecule has 0 spiro atoms. The predicted octanol–water partition coefficient (Wildman–Crippen LogP) is 2.90. The summed E-state index contributed by atoms with van der Waals surface area (Å²) in [6, 6.07) is 1.93. The predicted molar refractivity (Wildman–Crippen MR) is 84.7 cm³/mol. The summed E-state index contributed by atoms with van der Waals surface area (Å²) in [5, 5.41) is 3.22. The summed E-state index contributed by atoms with van der Waals surface area (Å²) in [5.41, 5.74) is 0. The molecule has 1 atom stereocenters. The van der Waals surface area contributed by atoms with Crippen molar-refractivity contribution in [2.45, 2.75) is 71.0 Å². The van der Waals surface area contributed by atoms with E-state index in [0.29, 0.717) is 24.1 Å². The Morgan fingerprint density at radius 1 is 1.33 bits per heavy atom. The minimum atomic E-state index is -3.50.